The van der Waals surface area contributed by atoms with Gasteiger partial charge >= 0.3 is 5.97 Å². The highest BCUT2D eigenvalue weighted by Crippen LogP contribution is 2.25. The highest BCUT2D eigenvalue weighted by Gasteiger charge is 2.22. The van der Waals surface area contributed by atoms with Gasteiger partial charge in [0.15, 0.2) is 0 Å². The standard InChI is InChI=1S/C12H21NO3S/c1-16-11(14)7-3-2-4-8-13-12(15)10-6-5-9-17-10/h10H,2-9H2,1H3,(H,13,15). The number of carbonyl (C=O) groups is 2. The van der Waals surface area contributed by atoms with Crippen molar-refractivity contribution in [1.29, 1.82) is 0 Å². The number of unbranched alkanes of at least 4 members (excludes halogenated alkanes) is 2. The van der Waals surface area contributed by atoms with Crippen LogP contribution in [0.2, 0.25) is 0 Å². The minimum Gasteiger partial charge on any atom is -0.469 e. The zero-order chi connectivity index (χ0) is 12.5. The van der Waals surface area contributed by atoms with Crippen LogP contribution in [0.4, 0.5) is 0 Å². The lowest BCUT2D eigenvalue weighted by molar-refractivity contribution is -0.140. The van der Waals surface area contributed by atoms with Crippen LogP contribution in [0.25, 0.3) is 0 Å². The van der Waals surface area contributed by atoms with Crippen LogP contribution < -0.4 is 5.32 Å². The maximum atomic E-state index is 11.6. The molecule has 0 aliphatic carbocycles. The average Bonchev–Trinajstić information content (AvgIpc) is 2.86. The summed E-state index contributed by atoms with van der Waals surface area (Å²) >= 11 is 1.75. The first-order valence-corrected chi connectivity index (χ1v) is 7.25. The van der Waals surface area contributed by atoms with E-state index in [1.165, 1.54) is 7.11 Å². The van der Waals surface area contributed by atoms with Crippen molar-refractivity contribution in [2.75, 3.05) is 19.4 Å². The third kappa shape index (κ3) is 5.96. The van der Waals surface area contributed by atoms with Gasteiger partial charge in [0.2, 0.25) is 5.91 Å². The summed E-state index contributed by atoms with van der Waals surface area (Å²) in [6.45, 7) is 0.719. The molecular formula is C12H21NO3S. The Morgan fingerprint density at radius 3 is 2.82 bits per heavy atom. The van der Waals surface area contributed by atoms with E-state index in [0.717, 1.165) is 44.4 Å². The second-order valence-electron chi connectivity index (χ2n) is 4.18. The molecule has 1 aliphatic rings. The lowest BCUT2D eigenvalue weighted by Crippen LogP contribution is -2.31. The van der Waals surface area contributed by atoms with Crippen LogP contribution >= 0.6 is 11.8 Å². The number of esters is 1. The molecule has 1 heterocycles. The van der Waals surface area contributed by atoms with E-state index in [1.54, 1.807) is 11.8 Å². The molecule has 0 aromatic rings. The number of rotatable bonds is 7. The van der Waals surface area contributed by atoms with Gasteiger partial charge in [-0.25, -0.2) is 0 Å². The predicted molar refractivity (Wildman–Crippen MR) is 69.0 cm³/mol. The van der Waals surface area contributed by atoms with Crippen molar-refractivity contribution in [3.63, 3.8) is 0 Å². The number of methoxy groups -OCH3 is 1. The molecule has 5 heteroatoms. The summed E-state index contributed by atoms with van der Waals surface area (Å²) in [5.41, 5.74) is 0. The number of nitrogens with one attached hydrogen (secondary N) is 1. The van der Waals surface area contributed by atoms with Gasteiger partial charge in [-0.05, 0) is 31.4 Å². The smallest absolute Gasteiger partial charge is 0.305 e. The quantitative estimate of drug-likeness (QED) is 0.559. The Hall–Kier alpha value is -0.710. The average molecular weight is 259 g/mol. The van der Waals surface area contributed by atoms with E-state index in [-0.39, 0.29) is 17.1 Å². The lowest BCUT2D eigenvalue weighted by atomic mass is 10.2. The minimum atomic E-state index is -0.156. The predicted octanol–water partition coefficient (Wildman–Crippen LogP) is 1.73. The molecule has 1 saturated heterocycles. The van der Waals surface area contributed by atoms with E-state index in [0.29, 0.717) is 6.42 Å². The Balaban J connectivity index is 1.93. The van der Waals surface area contributed by atoms with E-state index in [4.69, 9.17) is 0 Å². The van der Waals surface area contributed by atoms with E-state index in [9.17, 15) is 9.59 Å². The first kappa shape index (κ1) is 14.4. The van der Waals surface area contributed by atoms with Crippen molar-refractivity contribution >= 4 is 23.6 Å². The van der Waals surface area contributed by atoms with Gasteiger partial charge in [-0.15, -0.1) is 11.8 Å². The van der Waals surface area contributed by atoms with Crippen LogP contribution in [-0.2, 0) is 14.3 Å². The fourth-order valence-electron chi connectivity index (χ4n) is 1.78. The Kier molecular flexibility index (Phi) is 7.08. The SMILES string of the molecule is COC(=O)CCCCCNC(=O)C1CCCS1. The summed E-state index contributed by atoms with van der Waals surface area (Å²) in [6.07, 6.45) is 5.36. The van der Waals surface area contributed by atoms with Gasteiger partial charge in [-0.3, -0.25) is 9.59 Å². The first-order valence-electron chi connectivity index (χ1n) is 6.20. The Morgan fingerprint density at radius 2 is 2.18 bits per heavy atom. The van der Waals surface area contributed by atoms with Crippen LogP contribution in [0.1, 0.15) is 38.5 Å². The Bertz CT molecular complexity index is 252. The molecular weight excluding hydrogens is 238 g/mol. The highest BCUT2D eigenvalue weighted by atomic mass is 32.2. The number of amides is 1. The number of thioether (sulfide) groups is 1. The molecule has 0 bridgehead atoms. The molecule has 0 aromatic heterocycles. The number of ether oxygens (including phenoxy) is 1. The van der Waals surface area contributed by atoms with E-state index >= 15 is 0 Å². The normalized spacial score (nSPS) is 19.0. The molecule has 0 aromatic carbocycles. The van der Waals surface area contributed by atoms with Crippen LogP contribution in [0.5, 0.6) is 0 Å². The Morgan fingerprint density at radius 1 is 1.35 bits per heavy atom. The third-order valence-electron chi connectivity index (χ3n) is 2.81. The van der Waals surface area contributed by atoms with Crippen molar-refractivity contribution in [3.05, 3.63) is 0 Å². The molecule has 98 valence electrons. The molecule has 0 saturated carbocycles. The van der Waals surface area contributed by atoms with Gasteiger partial charge in [-0.1, -0.05) is 6.42 Å². The van der Waals surface area contributed by atoms with Crippen LogP contribution in [-0.4, -0.2) is 36.5 Å². The fraction of sp³-hybridized carbons (Fsp3) is 0.833. The van der Waals surface area contributed by atoms with Crippen LogP contribution in [0.3, 0.4) is 0 Å². The van der Waals surface area contributed by atoms with Crippen molar-refractivity contribution < 1.29 is 14.3 Å². The second kappa shape index (κ2) is 8.39. The molecule has 1 amide bonds. The first-order chi connectivity index (χ1) is 8.24. The molecule has 1 rings (SSSR count). The summed E-state index contributed by atoms with van der Waals surface area (Å²) in [5.74, 6) is 1.13. The number of hydrogen-bond donors (Lipinski definition) is 1. The molecule has 1 fully saturated rings. The van der Waals surface area contributed by atoms with Gasteiger partial charge in [0.05, 0.1) is 12.4 Å². The van der Waals surface area contributed by atoms with Gasteiger partial charge < -0.3 is 10.1 Å². The van der Waals surface area contributed by atoms with E-state index in [1.807, 2.05) is 0 Å². The van der Waals surface area contributed by atoms with Gasteiger partial charge in [0.1, 0.15) is 0 Å². The molecule has 0 spiro atoms. The van der Waals surface area contributed by atoms with E-state index < -0.39 is 0 Å². The number of carbonyl (C=O) groups excluding carboxylic acids is 2. The van der Waals surface area contributed by atoms with Gasteiger partial charge in [0.25, 0.3) is 0 Å². The largest absolute Gasteiger partial charge is 0.469 e. The third-order valence-corrected chi connectivity index (χ3v) is 4.18. The molecule has 1 unspecified atom stereocenters. The van der Waals surface area contributed by atoms with Gasteiger partial charge in [0, 0.05) is 13.0 Å². The molecule has 4 nitrogen and oxygen atoms in total. The van der Waals surface area contributed by atoms with Crippen LogP contribution in [0, 0.1) is 0 Å². The fourth-order valence-corrected chi connectivity index (χ4v) is 2.97. The van der Waals surface area contributed by atoms with Crippen molar-refractivity contribution in [1.82, 2.24) is 5.32 Å². The zero-order valence-electron chi connectivity index (χ0n) is 10.4. The second-order valence-corrected chi connectivity index (χ2v) is 5.49. The maximum Gasteiger partial charge on any atom is 0.305 e. The summed E-state index contributed by atoms with van der Waals surface area (Å²) in [4.78, 5) is 22.5. The monoisotopic (exact) mass is 259 g/mol. The highest BCUT2D eigenvalue weighted by molar-refractivity contribution is 8.00. The summed E-state index contributed by atoms with van der Waals surface area (Å²) in [7, 11) is 1.40. The minimum absolute atomic E-state index is 0.156. The molecule has 17 heavy (non-hydrogen) atoms. The Labute approximate surface area is 107 Å². The van der Waals surface area contributed by atoms with E-state index in [2.05, 4.69) is 10.1 Å². The van der Waals surface area contributed by atoms with Crippen molar-refractivity contribution in [2.24, 2.45) is 0 Å². The molecule has 1 atom stereocenters. The zero-order valence-corrected chi connectivity index (χ0v) is 11.2. The topological polar surface area (TPSA) is 55.4 Å². The molecule has 0 radical (unpaired) electrons. The lowest BCUT2D eigenvalue weighted by Gasteiger charge is -2.09. The molecule has 1 N–H and O–H groups in total. The van der Waals surface area contributed by atoms with Crippen molar-refractivity contribution in [3.8, 4) is 0 Å². The summed E-state index contributed by atoms with van der Waals surface area (Å²) in [6, 6.07) is 0. The number of hydrogen-bond acceptors (Lipinski definition) is 4. The van der Waals surface area contributed by atoms with Gasteiger partial charge in [-0.2, -0.15) is 0 Å². The molecule has 1 aliphatic heterocycles. The summed E-state index contributed by atoms with van der Waals surface area (Å²) in [5, 5.41) is 3.12. The van der Waals surface area contributed by atoms with Crippen molar-refractivity contribution in [2.45, 2.75) is 43.8 Å². The maximum absolute atomic E-state index is 11.6. The van der Waals surface area contributed by atoms with Crippen LogP contribution in [0.15, 0.2) is 0 Å². The summed E-state index contributed by atoms with van der Waals surface area (Å²) < 4.78 is 4.55.